The largest absolute Gasteiger partial charge is 0.270 e. The van der Waals surface area contributed by atoms with Crippen molar-refractivity contribution < 1.29 is 17.7 Å². The quantitative estimate of drug-likeness (QED) is 0.619. The molecule has 0 saturated carbocycles. The smallest absolute Gasteiger partial charge is 0.267 e. The molecular weight excluding hydrogens is 323 g/mol. The number of aryl methyl sites for hydroxylation is 1. The molecule has 0 N–H and O–H groups in total. The van der Waals surface area contributed by atoms with E-state index in [0.29, 0.717) is 5.56 Å². The molecule has 0 aliphatic heterocycles. The average Bonchev–Trinajstić information content (AvgIpc) is 2.47. The van der Waals surface area contributed by atoms with Crippen molar-refractivity contribution in [3.63, 3.8) is 0 Å². The number of benzene rings is 2. The third-order valence-electron chi connectivity index (χ3n) is 3.33. The lowest BCUT2D eigenvalue weighted by Crippen LogP contribution is -2.31. The highest BCUT2D eigenvalue weighted by Gasteiger charge is 2.27. The van der Waals surface area contributed by atoms with Crippen molar-refractivity contribution in [3.05, 3.63) is 64.0 Å². The van der Waals surface area contributed by atoms with Gasteiger partial charge < -0.3 is 0 Å². The van der Waals surface area contributed by atoms with Gasteiger partial charge in [-0.25, -0.2) is 12.8 Å². The molecule has 8 heteroatoms. The molecule has 0 bridgehead atoms. The Kier molecular flexibility index (Phi) is 4.65. The summed E-state index contributed by atoms with van der Waals surface area (Å²) in [6, 6.07) is 8.83. The number of anilines is 1. The molecule has 23 heavy (non-hydrogen) atoms. The normalized spacial score (nSPS) is 11.3. The van der Waals surface area contributed by atoms with Gasteiger partial charge in [-0.15, -0.1) is 0 Å². The van der Waals surface area contributed by atoms with Gasteiger partial charge in [-0.05, 0) is 37.6 Å². The Morgan fingerprint density at radius 1 is 1.22 bits per heavy atom. The molecule has 0 fully saturated rings. The summed E-state index contributed by atoms with van der Waals surface area (Å²) in [7, 11) is -4.05. The second kappa shape index (κ2) is 6.33. The Balaban J connectivity index is 2.60. The fourth-order valence-corrected chi connectivity index (χ4v) is 3.93. The van der Waals surface area contributed by atoms with Gasteiger partial charge in [-0.3, -0.25) is 14.4 Å². The zero-order valence-electron chi connectivity index (χ0n) is 12.6. The van der Waals surface area contributed by atoms with Gasteiger partial charge in [-0.1, -0.05) is 12.1 Å². The molecule has 0 spiro atoms. The van der Waals surface area contributed by atoms with E-state index in [1.807, 2.05) is 0 Å². The van der Waals surface area contributed by atoms with E-state index in [2.05, 4.69) is 0 Å². The molecule has 0 radical (unpaired) electrons. The number of nitrogens with zero attached hydrogens (tertiary/aromatic N) is 2. The molecule has 0 atom stereocenters. The van der Waals surface area contributed by atoms with Crippen LogP contribution in [0.15, 0.2) is 47.4 Å². The molecule has 0 aliphatic carbocycles. The van der Waals surface area contributed by atoms with Gasteiger partial charge in [0.1, 0.15) is 5.82 Å². The summed E-state index contributed by atoms with van der Waals surface area (Å²) in [6.07, 6.45) is 0. The summed E-state index contributed by atoms with van der Waals surface area (Å²) in [4.78, 5) is 10.1. The van der Waals surface area contributed by atoms with Crippen LogP contribution >= 0.6 is 0 Å². The highest BCUT2D eigenvalue weighted by molar-refractivity contribution is 7.92. The van der Waals surface area contributed by atoms with Gasteiger partial charge >= 0.3 is 0 Å². The van der Waals surface area contributed by atoms with E-state index < -0.39 is 20.8 Å². The van der Waals surface area contributed by atoms with Crippen LogP contribution in [-0.4, -0.2) is 19.9 Å². The average molecular weight is 338 g/mol. The molecule has 0 saturated heterocycles. The van der Waals surface area contributed by atoms with Crippen molar-refractivity contribution >= 4 is 21.4 Å². The maximum absolute atomic E-state index is 13.4. The van der Waals surface area contributed by atoms with Crippen LogP contribution in [0.4, 0.5) is 15.8 Å². The minimum Gasteiger partial charge on any atom is -0.267 e. The Hall–Kier alpha value is -2.48. The molecule has 0 unspecified atom stereocenters. The molecule has 0 aromatic heterocycles. The summed E-state index contributed by atoms with van der Waals surface area (Å²) in [5.41, 5.74) is 0.230. The van der Waals surface area contributed by atoms with Gasteiger partial charge in [0.25, 0.3) is 15.7 Å². The Labute approximate surface area is 133 Å². The van der Waals surface area contributed by atoms with Gasteiger partial charge in [0.05, 0.1) is 15.5 Å². The highest BCUT2D eigenvalue weighted by Crippen LogP contribution is 2.28. The van der Waals surface area contributed by atoms with Gasteiger partial charge in [0.2, 0.25) is 0 Å². The van der Waals surface area contributed by atoms with E-state index in [4.69, 9.17) is 0 Å². The SMILES string of the molecule is CCN(c1cccc(F)c1)S(=O)(=O)c1cc([N+](=O)[O-])ccc1C. The lowest BCUT2D eigenvalue weighted by atomic mass is 10.2. The lowest BCUT2D eigenvalue weighted by Gasteiger charge is -2.23. The van der Waals surface area contributed by atoms with Crippen LogP contribution in [0.25, 0.3) is 0 Å². The second-order valence-electron chi connectivity index (χ2n) is 4.86. The first-order valence-electron chi connectivity index (χ1n) is 6.80. The van der Waals surface area contributed by atoms with Gasteiger partial charge in [0.15, 0.2) is 0 Å². The number of nitro benzene ring substituents is 1. The zero-order valence-corrected chi connectivity index (χ0v) is 13.4. The first kappa shape index (κ1) is 16.9. The summed E-state index contributed by atoms with van der Waals surface area (Å²) < 4.78 is 40.1. The van der Waals surface area contributed by atoms with E-state index >= 15 is 0 Å². The van der Waals surface area contributed by atoms with Crippen molar-refractivity contribution in [2.75, 3.05) is 10.8 Å². The maximum atomic E-state index is 13.4. The second-order valence-corrected chi connectivity index (χ2v) is 6.69. The molecule has 2 aromatic carbocycles. The van der Waals surface area contributed by atoms with E-state index in [-0.39, 0.29) is 22.8 Å². The number of hydrogen-bond donors (Lipinski definition) is 0. The van der Waals surface area contributed by atoms with Crippen molar-refractivity contribution in [3.8, 4) is 0 Å². The van der Waals surface area contributed by atoms with Crippen LogP contribution in [0.5, 0.6) is 0 Å². The Morgan fingerprint density at radius 2 is 1.91 bits per heavy atom. The first-order chi connectivity index (χ1) is 10.8. The van der Waals surface area contributed by atoms with Crippen LogP contribution in [0.2, 0.25) is 0 Å². The maximum Gasteiger partial charge on any atom is 0.270 e. The molecule has 2 aromatic rings. The summed E-state index contributed by atoms with van der Waals surface area (Å²) in [5, 5.41) is 10.9. The van der Waals surface area contributed by atoms with E-state index in [0.717, 1.165) is 16.4 Å². The van der Waals surface area contributed by atoms with E-state index in [1.54, 1.807) is 13.8 Å². The minimum atomic E-state index is -4.05. The standard InChI is InChI=1S/C15H15FN2O4S/c1-3-17(13-6-4-5-12(16)9-13)23(21,22)15-10-14(18(19)20)8-7-11(15)2/h4-10H,3H2,1-2H3. The first-order valence-corrected chi connectivity index (χ1v) is 8.24. The fourth-order valence-electron chi connectivity index (χ4n) is 2.22. The number of sulfonamides is 1. The highest BCUT2D eigenvalue weighted by atomic mass is 32.2. The molecular formula is C15H15FN2O4S. The van der Waals surface area contributed by atoms with E-state index in [9.17, 15) is 22.9 Å². The number of halogens is 1. The van der Waals surface area contributed by atoms with Crippen molar-refractivity contribution in [2.24, 2.45) is 0 Å². The minimum absolute atomic E-state index is 0.0634. The van der Waals surface area contributed by atoms with Gasteiger partial charge in [-0.2, -0.15) is 0 Å². The van der Waals surface area contributed by atoms with Crippen LogP contribution in [-0.2, 0) is 10.0 Å². The Morgan fingerprint density at radius 3 is 2.48 bits per heavy atom. The molecule has 2 rings (SSSR count). The topological polar surface area (TPSA) is 80.5 Å². The van der Waals surface area contributed by atoms with Gasteiger partial charge in [0, 0.05) is 18.7 Å². The lowest BCUT2D eigenvalue weighted by molar-refractivity contribution is -0.385. The number of rotatable bonds is 5. The summed E-state index contributed by atoms with van der Waals surface area (Å²) in [6.45, 7) is 3.22. The Bertz CT molecular complexity index is 852. The monoisotopic (exact) mass is 338 g/mol. The van der Waals surface area contributed by atoms with Crippen LogP contribution < -0.4 is 4.31 Å². The number of nitro groups is 1. The molecule has 122 valence electrons. The predicted molar refractivity (Wildman–Crippen MR) is 84.4 cm³/mol. The van der Waals surface area contributed by atoms with Crippen molar-refractivity contribution in [2.45, 2.75) is 18.7 Å². The van der Waals surface area contributed by atoms with Crippen LogP contribution in [0.1, 0.15) is 12.5 Å². The number of hydrogen-bond acceptors (Lipinski definition) is 4. The van der Waals surface area contributed by atoms with Crippen LogP contribution in [0, 0.1) is 22.9 Å². The van der Waals surface area contributed by atoms with Crippen LogP contribution in [0.3, 0.4) is 0 Å². The fraction of sp³-hybridized carbons (Fsp3) is 0.200. The predicted octanol–water partition coefficient (Wildman–Crippen LogP) is 3.26. The van der Waals surface area contributed by atoms with Crippen molar-refractivity contribution in [1.82, 2.24) is 0 Å². The summed E-state index contributed by atoms with van der Waals surface area (Å²) in [5.74, 6) is -0.563. The molecule has 0 amide bonds. The summed E-state index contributed by atoms with van der Waals surface area (Å²) >= 11 is 0. The van der Waals surface area contributed by atoms with Crippen molar-refractivity contribution in [1.29, 1.82) is 0 Å². The third kappa shape index (κ3) is 3.31. The van der Waals surface area contributed by atoms with E-state index in [1.165, 1.54) is 30.3 Å². The number of non-ortho nitro benzene ring substituents is 1. The molecule has 0 aliphatic rings. The molecule has 6 nitrogen and oxygen atoms in total. The third-order valence-corrected chi connectivity index (χ3v) is 5.38. The zero-order chi connectivity index (χ0) is 17.2. The molecule has 0 heterocycles.